The fourth-order valence-corrected chi connectivity index (χ4v) is 2.58. The van der Waals surface area contributed by atoms with E-state index in [-0.39, 0.29) is 0 Å². The Kier molecular flexibility index (Phi) is 24.0. The van der Waals surface area contributed by atoms with Gasteiger partial charge >= 0.3 is 16.7 Å². The number of unbranched alkanes of at least 4 members (excludes halogenated alkanes) is 11. The van der Waals surface area contributed by atoms with Crippen molar-refractivity contribution in [3.8, 4) is 0 Å². The quantitative estimate of drug-likeness (QED) is 0.341. The molecule has 0 fully saturated rings. The molecule has 0 saturated heterocycles. The highest BCUT2D eigenvalue weighted by atomic mass is 31.1. The SMILES string of the molecule is CCCCCCCCCCCCCC[P+](=O)O.O=PO. The summed E-state index contributed by atoms with van der Waals surface area (Å²) in [6.45, 7) is 2.26. The number of hydrogen-bond acceptors (Lipinski definition) is 2. The summed E-state index contributed by atoms with van der Waals surface area (Å²) < 4.78 is 18.9. The van der Waals surface area contributed by atoms with E-state index in [1.54, 1.807) is 0 Å². The Morgan fingerprint density at radius 3 is 1.40 bits per heavy atom. The molecule has 1 atom stereocenters. The molecule has 2 N–H and O–H groups in total. The van der Waals surface area contributed by atoms with Crippen molar-refractivity contribution in [3.63, 3.8) is 0 Å². The van der Waals surface area contributed by atoms with Gasteiger partial charge in [-0.05, 0) is 17.4 Å². The Bertz CT molecular complexity index is 213. The zero-order valence-electron chi connectivity index (χ0n) is 12.8. The van der Waals surface area contributed by atoms with Crippen molar-refractivity contribution in [2.75, 3.05) is 6.16 Å². The van der Waals surface area contributed by atoms with Gasteiger partial charge in [0.2, 0.25) is 0 Å². The molecule has 0 aromatic rings. The molecule has 0 bridgehead atoms. The molecule has 6 heteroatoms. The van der Waals surface area contributed by atoms with Crippen LogP contribution in [0.3, 0.4) is 0 Å². The second-order valence-electron chi connectivity index (χ2n) is 5.05. The second kappa shape index (κ2) is 21.4. The summed E-state index contributed by atoms with van der Waals surface area (Å²) >= 11 is 0. The van der Waals surface area contributed by atoms with Gasteiger partial charge in [0, 0.05) is 0 Å². The van der Waals surface area contributed by atoms with E-state index in [1.807, 2.05) is 0 Å². The predicted octanol–water partition coefficient (Wildman–Crippen LogP) is 5.61. The van der Waals surface area contributed by atoms with Crippen molar-refractivity contribution >= 4 is 16.7 Å². The molecule has 0 spiro atoms. The highest BCUT2D eigenvalue weighted by Gasteiger charge is 2.07. The molecule has 0 saturated carbocycles. The largest absolute Gasteiger partial charge is 0.505 e. The van der Waals surface area contributed by atoms with Crippen LogP contribution >= 0.6 is 16.7 Å². The van der Waals surface area contributed by atoms with E-state index in [2.05, 4.69) is 6.92 Å². The highest BCUT2D eigenvalue weighted by molar-refractivity contribution is 7.37. The highest BCUT2D eigenvalue weighted by Crippen LogP contribution is 2.17. The van der Waals surface area contributed by atoms with Gasteiger partial charge in [0.15, 0.2) is 6.16 Å². The van der Waals surface area contributed by atoms with Crippen molar-refractivity contribution in [3.05, 3.63) is 0 Å². The van der Waals surface area contributed by atoms with Crippen LogP contribution < -0.4 is 0 Å². The van der Waals surface area contributed by atoms with Gasteiger partial charge in [-0.1, -0.05) is 71.1 Å². The standard InChI is InChI=1S/C14H29O2P.HO2P/c1-2-3-4-5-6-7-8-9-10-11-12-13-14-17(15)16;1-3-2/h2-14H2,1H3;(H,1,2)/p+1. The summed E-state index contributed by atoms with van der Waals surface area (Å²) in [4.78, 5) is 15.6. The summed E-state index contributed by atoms with van der Waals surface area (Å²) in [5.74, 6) is 0. The first kappa shape index (κ1) is 22.4. The van der Waals surface area contributed by atoms with Crippen molar-refractivity contribution in [1.29, 1.82) is 0 Å². The minimum atomic E-state index is -1.89. The molecule has 0 radical (unpaired) electrons. The van der Waals surface area contributed by atoms with Crippen molar-refractivity contribution in [2.45, 2.75) is 84.0 Å². The van der Waals surface area contributed by atoms with E-state index in [4.69, 9.17) is 14.4 Å². The molecule has 0 aromatic carbocycles. The van der Waals surface area contributed by atoms with Gasteiger partial charge in [0.05, 0.1) is 0 Å². The summed E-state index contributed by atoms with van der Waals surface area (Å²) in [6, 6.07) is 0. The summed E-state index contributed by atoms with van der Waals surface area (Å²) in [5, 5.41) is 0. The van der Waals surface area contributed by atoms with Crippen LogP contribution in [0.4, 0.5) is 0 Å². The minimum absolute atomic E-state index is 0.493. The maximum Gasteiger partial charge on any atom is 0.505 e. The molecule has 0 rings (SSSR count). The van der Waals surface area contributed by atoms with Crippen LogP contribution in [0.1, 0.15) is 84.0 Å². The normalized spacial score (nSPS) is 11.1. The monoisotopic (exact) mass is 325 g/mol. The predicted molar refractivity (Wildman–Crippen MR) is 85.6 cm³/mol. The van der Waals surface area contributed by atoms with E-state index < -0.39 is 16.7 Å². The van der Waals surface area contributed by atoms with E-state index >= 15 is 0 Å². The third-order valence-electron chi connectivity index (χ3n) is 3.20. The van der Waals surface area contributed by atoms with Crippen LogP contribution in [0, 0.1) is 0 Å². The first-order valence-corrected chi connectivity index (χ1v) is 9.95. The average Bonchev–Trinajstić information content (AvgIpc) is 2.40. The van der Waals surface area contributed by atoms with Crippen LogP contribution in [0.5, 0.6) is 0 Å². The first-order valence-electron chi connectivity index (χ1n) is 7.79. The maximum atomic E-state index is 10.4. The number of rotatable bonds is 13. The molecule has 0 aromatic heterocycles. The Balaban J connectivity index is 0. The molecular weight excluding hydrogens is 294 g/mol. The van der Waals surface area contributed by atoms with Gasteiger partial charge < -0.3 is 4.89 Å². The minimum Gasteiger partial charge on any atom is -0.310 e. The van der Waals surface area contributed by atoms with Gasteiger partial charge in [-0.15, -0.1) is 0 Å². The zero-order valence-corrected chi connectivity index (χ0v) is 14.6. The van der Waals surface area contributed by atoms with Crippen molar-refractivity contribution in [2.24, 2.45) is 0 Å². The fourth-order valence-electron chi connectivity index (χ4n) is 2.09. The van der Waals surface area contributed by atoms with Crippen LogP contribution in [-0.4, -0.2) is 15.9 Å². The summed E-state index contributed by atoms with van der Waals surface area (Å²) in [7, 11) is -2.72. The van der Waals surface area contributed by atoms with Gasteiger partial charge in [-0.3, -0.25) is 0 Å². The molecule has 0 aliphatic heterocycles. The molecule has 120 valence electrons. The smallest absolute Gasteiger partial charge is 0.310 e. The van der Waals surface area contributed by atoms with E-state index in [9.17, 15) is 4.57 Å². The van der Waals surface area contributed by atoms with Gasteiger partial charge in [0.1, 0.15) is 0 Å². The van der Waals surface area contributed by atoms with E-state index in [0.717, 1.165) is 12.8 Å². The lowest BCUT2D eigenvalue weighted by Crippen LogP contribution is -1.83. The molecule has 1 unspecified atom stereocenters. The topological polar surface area (TPSA) is 74.6 Å². The molecule has 4 nitrogen and oxygen atoms in total. The van der Waals surface area contributed by atoms with Crippen LogP contribution in [0.15, 0.2) is 0 Å². The van der Waals surface area contributed by atoms with E-state index in [0.29, 0.717) is 6.16 Å². The molecule has 0 aliphatic rings. The molecule has 0 aliphatic carbocycles. The Hall–Kier alpha value is 0.120. The third-order valence-corrected chi connectivity index (χ3v) is 3.90. The van der Waals surface area contributed by atoms with Crippen LogP contribution in [-0.2, 0) is 9.13 Å². The molecular formula is C14H31O4P2+. The molecule has 20 heavy (non-hydrogen) atoms. The lowest BCUT2D eigenvalue weighted by molar-refractivity contribution is 0.497. The van der Waals surface area contributed by atoms with E-state index in [1.165, 1.54) is 64.2 Å². The Labute approximate surface area is 126 Å². The lowest BCUT2D eigenvalue weighted by atomic mass is 10.1. The molecule has 0 heterocycles. The van der Waals surface area contributed by atoms with Crippen molar-refractivity contribution in [1.82, 2.24) is 0 Å². The lowest BCUT2D eigenvalue weighted by Gasteiger charge is -2.01. The average molecular weight is 325 g/mol. The van der Waals surface area contributed by atoms with Crippen LogP contribution in [0.25, 0.3) is 0 Å². The molecule has 0 amide bonds. The Morgan fingerprint density at radius 2 is 1.10 bits per heavy atom. The van der Waals surface area contributed by atoms with Crippen molar-refractivity contribution < 1.29 is 18.9 Å². The van der Waals surface area contributed by atoms with Gasteiger partial charge in [-0.25, -0.2) is 4.57 Å². The zero-order chi connectivity index (χ0) is 15.5. The summed E-state index contributed by atoms with van der Waals surface area (Å²) in [5.41, 5.74) is 0. The maximum absolute atomic E-state index is 10.4. The summed E-state index contributed by atoms with van der Waals surface area (Å²) in [6.07, 6.45) is 16.2. The Morgan fingerprint density at radius 1 is 0.800 bits per heavy atom. The number of hydrogen-bond donors (Lipinski definition) is 2. The van der Waals surface area contributed by atoms with Crippen LogP contribution in [0.2, 0.25) is 0 Å². The fraction of sp³-hybridized carbons (Fsp3) is 1.00. The first-order chi connectivity index (χ1) is 9.68. The van der Waals surface area contributed by atoms with Gasteiger partial charge in [0.25, 0.3) is 0 Å². The third kappa shape index (κ3) is 26.6. The second-order valence-corrected chi connectivity index (χ2v) is 6.36. The van der Waals surface area contributed by atoms with Gasteiger partial charge in [-0.2, -0.15) is 4.89 Å².